The Morgan fingerprint density at radius 3 is 2.95 bits per heavy atom. The number of aryl methyl sites for hydroxylation is 1. The maximum atomic E-state index is 12.1. The number of para-hydroxylation sites is 1. The third kappa shape index (κ3) is 2.86. The molecule has 0 unspecified atom stereocenters. The molecule has 3 rings (SSSR count). The van der Waals surface area contributed by atoms with Crippen LogP contribution in [0.25, 0.3) is 10.9 Å². The van der Waals surface area contributed by atoms with E-state index in [0.29, 0.717) is 0 Å². The van der Waals surface area contributed by atoms with Crippen LogP contribution in [0.1, 0.15) is 12.6 Å². The van der Waals surface area contributed by atoms with Gasteiger partial charge in [0.1, 0.15) is 12.9 Å². The van der Waals surface area contributed by atoms with Crippen molar-refractivity contribution in [2.75, 3.05) is 5.32 Å². The lowest BCUT2D eigenvalue weighted by atomic mass is 10.1. The van der Waals surface area contributed by atoms with Crippen LogP contribution in [0, 0.1) is 0 Å². The summed E-state index contributed by atoms with van der Waals surface area (Å²) in [5, 5.41) is 14.5. The highest BCUT2D eigenvalue weighted by Crippen LogP contribution is 2.23. The highest BCUT2D eigenvalue weighted by atomic mass is 16.2. The van der Waals surface area contributed by atoms with Gasteiger partial charge in [-0.3, -0.25) is 9.78 Å². The average Bonchev–Trinajstić information content (AvgIpc) is 2.99. The summed E-state index contributed by atoms with van der Waals surface area (Å²) in [7, 11) is 0. The van der Waals surface area contributed by atoms with Crippen LogP contribution >= 0.6 is 0 Å². The number of hydrogen-bond acceptors (Lipinski definition) is 5. The number of tetrazole rings is 1. The molecule has 7 nitrogen and oxygen atoms in total. The SMILES string of the molecule is CCc1cc(NC(=O)Cn2cnnn2)c2ccccc2n1. The van der Waals surface area contributed by atoms with Crippen molar-refractivity contribution in [1.29, 1.82) is 0 Å². The van der Waals surface area contributed by atoms with Gasteiger partial charge in [0.25, 0.3) is 0 Å². The molecule has 0 aliphatic heterocycles. The van der Waals surface area contributed by atoms with Gasteiger partial charge in [-0.25, -0.2) is 4.68 Å². The molecule has 1 aromatic carbocycles. The van der Waals surface area contributed by atoms with Gasteiger partial charge in [-0.15, -0.1) is 5.10 Å². The summed E-state index contributed by atoms with van der Waals surface area (Å²) < 4.78 is 1.37. The molecule has 0 aliphatic rings. The van der Waals surface area contributed by atoms with Gasteiger partial charge in [-0.2, -0.15) is 0 Å². The number of fused-ring (bicyclic) bond motifs is 1. The fourth-order valence-corrected chi connectivity index (χ4v) is 2.10. The zero-order valence-corrected chi connectivity index (χ0v) is 11.5. The minimum atomic E-state index is -0.180. The summed E-state index contributed by atoms with van der Waals surface area (Å²) in [4.78, 5) is 16.6. The lowest BCUT2D eigenvalue weighted by Gasteiger charge is -2.10. The van der Waals surface area contributed by atoms with E-state index in [4.69, 9.17) is 0 Å². The van der Waals surface area contributed by atoms with Crippen molar-refractivity contribution in [2.24, 2.45) is 0 Å². The molecule has 1 N–H and O–H groups in total. The highest BCUT2D eigenvalue weighted by Gasteiger charge is 2.09. The van der Waals surface area contributed by atoms with Crippen molar-refractivity contribution in [3.63, 3.8) is 0 Å². The summed E-state index contributed by atoms with van der Waals surface area (Å²) in [5.41, 5.74) is 2.57. The number of hydrogen-bond donors (Lipinski definition) is 1. The summed E-state index contributed by atoms with van der Waals surface area (Å²) >= 11 is 0. The molecule has 7 heteroatoms. The van der Waals surface area contributed by atoms with Crippen LogP contribution in [0.3, 0.4) is 0 Å². The Morgan fingerprint density at radius 2 is 2.19 bits per heavy atom. The van der Waals surface area contributed by atoms with Gasteiger partial charge < -0.3 is 5.32 Å². The zero-order valence-electron chi connectivity index (χ0n) is 11.5. The molecule has 2 aromatic heterocycles. The van der Waals surface area contributed by atoms with E-state index in [0.717, 1.165) is 28.7 Å². The van der Waals surface area contributed by atoms with E-state index in [1.165, 1.54) is 11.0 Å². The molecule has 1 amide bonds. The van der Waals surface area contributed by atoms with E-state index in [9.17, 15) is 4.79 Å². The van der Waals surface area contributed by atoms with Gasteiger partial charge in [-0.05, 0) is 29.0 Å². The maximum Gasteiger partial charge on any atom is 0.246 e. The number of carbonyl (C=O) groups is 1. The molecular formula is C14H14N6O. The number of amides is 1. The molecule has 2 heterocycles. The first-order chi connectivity index (χ1) is 10.3. The van der Waals surface area contributed by atoms with Crippen molar-refractivity contribution in [1.82, 2.24) is 25.2 Å². The van der Waals surface area contributed by atoms with Crippen LogP contribution < -0.4 is 5.32 Å². The Bertz CT molecular complexity index is 768. The van der Waals surface area contributed by atoms with E-state index in [1.54, 1.807) is 0 Å². The van der Waals surface area contributed by atoms with E-state index in [-0.39, 0.29) is 12.5 Å². The van der Waals surface area contributed by atoms with Crippen LogP contribution in [0.15, 0.2) is 36.7 Å². The van der Waals surface area contributed by atoms with Crippen LogP contribution in [0.4, 0.5) is 5.69 Å². The van der Waals surface area contributed by atoms with Crippen molar-refractivity contribution < 1.29 is 4.79 Å². The molecular weight excluding hydrogens is 268 g/mol. The third-order valence-electron chi connectivity index (χ3n) is 3.10. The standard InChI is InChI=1S/C14H14N6O/c1-2-10-7-13(11-5-3-4-6-12(11)16-10)17-14(21)8-20-9-15-18-19-20/h3-7,9H,2,8H2,1H3,(H,16,17,21). The number of nitrogens with zero attached hydrogens (tertiary/aromatic N) is 5. The number of aromatic nitrogens is 5. The first-order valence-electron chi connectivity index (χ1n) is 6.65. The molecule has 0 radical (unpaired) electrons. The van der Waals surface area contributed by atoms with Gasteiger partial charge in [0.05, 0.1) is 11.2 Å². The Kier molecular flexibility index (Phi) is 3.55. The third-order valence-corrected chi connectivity index (χ3v) is 3.10. The van der Waals surface area contributed by atoms with E-state index in [1.807, 2.05) is 37.3 Å². The Labute approximate surface area is 121 Å². The molecule has 3 aromatic rings. The monoisotopic (exact) mass is 282 g/mol. The second kappa shape index (κ2) is 5.66. The maximum absolute atomic E-state index is 12.1. The average molecular weight is 282 g/mol. The smallest absolute Gasteiger partial charge is 0.246 e. The summed E-state index contributed by atoms with van der Waals surface area (Å²) in [6.45, 7) is 2.11. The summed E-state index contributed by atoms with van der Waals surface area (Å²) in [6, 6.07) is 9.63. The molecule has 0 bridgehead atoms. The molecule has 0 spiro atoms. The molecule has 0 atom stereocenters. The number of rotatable bonds is 4. The number of pyridine rings is 1. The van der Waals surface area contributed by atoms with Gasteiger partial charge in [-0.1, -0.05) is 25.1 Å². The Balaban J connectivity index is 1.90. The van der Waals surface area contributed by atoms with Gasteiger partial charge in [0.2, 0.25) is 5.91 Å². The van der Waals surface area contributed by atoms with Crippen LogP contribution in [0.2, 0.25) is 0 Å². The molecule has 0 saturated heterocycles. The largest absolute Gasteiger partial charge is 0.324 e. The second-order valence-electron chi connectivity index (χ2n) is 4.59. The number of anilines is 1. The fraction of sp³-hybridized carbons (Fsp3) is 0.214. The molecule has 106 valence electrons. The predicted molar refractivity (Wildman–Crippen MR) is 77.6 cm³/mol. The first-order valence-corrected chi connectivity index (χ1v) is 6.65. The summed E-state index contributed by atoms with van der Waals surface area (Å²) in [5.74, 6) is -0.180. The van der Waals surface area contributed by atoms with Crippen molar-refractivity contribution in [3.05, 3.63) is 42.4 Å². The predicted octanol–water partition coefficient (Wildman–Crippen LogP) is 1.42. The van der Waals surface area contributed by atoms with E-state index < -0.39 is 0 Å². The number of benzene rings is 1. The minimum absolute atomic E-state index is 0.0745. The van der Waals surface area contributed by atoms with Gasteiger partial charge >= 0.3 is 0 Å². The normalized spacial score (nSPS) is 10.7. The van der Waals surface area contributed by atoms with E-state index >= 15 is 0 Å². The van der Waals surface area contributed by atoms with Gasteiger partial charge in [0, 0.05) is 11.1 Å². The highest BCUT2D eigenvalue weighted by molar-refractivity contribution is 6.00. The van der Waals surface area contributed by atoms with Crippen molar-refractivity contribution in [3.8, 4) is 0 Å². The molecule has 21 heavy (non-hydrogen) atoms. The van der Waals surface area contributed by atoms with Gasteiger partial charge in [0.15, 0.2) is 0 Å². The lowest BCUT2D eigenvalue weighted by molar-refractivity contribution is -0.116. The number of nitrogens with one attached hydrogen (secondary N) is 1. The lowest BCUT2D eigenvalue weighted by Crippen LogP contribution is -2.19. The topological polar surface area (TPSA) is 85.6 Å². The Morgan fingerprint density at radius 1 is 1.33 bits per heavy atom. The van der Waals surface area contributed by atoms with Crippen LogP contribution in [-0.4, -0.2) is 31.1 Å². The van der Waals surface area contributed by atoms with Crippen molar-refractivity contribution >= 4 is 22.5 Å². The first kappa shape index (κ1) is 13.2. The van der Waals surface area contributed by atoms with Crippen molar-refractivity contribution in [2.45, 2.75) is 19.9 Å². The molecule has 0 saturated carbocycles. The Hall–Kier alpha value is -2.83. The van der Waals surface area contributed by atoms with Crippen LogP contribution in [0.5, 0.6) is 0 Å². The fourth-order valence-electron chi connectivity index (χ4n) is 2.10. The van der Waals surface area contributed by atoms with Crippen LogP contribution in [-0.2, 0) is 17.8 Å². The summed E-state index contributed by atoms with van der Waals surface area (Å²) in [6.07, 6.45) is 2.21. The minimum Gasteiger partial charge on any atom is -0.324 e. The number of carbonyl (C=O) groups excluding carboxylic acids is 1. The second-order valence-corrected chi connectivity index (χ2v) is 4.59. The molecule has 0 aliphatic carbocycles. The quantitative estimate of drug-likeness (QED) is 0.782. The van der Waals surface area contributed by atoms with E-state index in [2.05, 4.69) is 25.8 Å². The molecule has 0 fully saturated rings. The zero-order chi connectivity index (χ0) is 14.7.